The van der Waals surface area contributed by atoms with E-state index in [4.69, 9.17) is 9.47 Å². The third-order valence-corrected chi connectivity index (χ3v) is 3.13. The number of hydrogen-bond acceptors (Lipinski definition) is 5. The summed E-state index contributed by atoms with van der Waals surface area (Å²) in [5, 5.41) is 3.15. The van der Waals surface area contributed by atoms with E-state index in [9.17, 15) is 0 Å². The molecular weight excluding hydrogens is 254 g/mol. The molecule has 1 heterocycles. The van der Waals surface area contributed by atoms with Crippen molar-refractivity contribution in [2.75, 3.05) is 52.5 Å². The molecule has 0 amide bonds. The SMILES string of the molecule is CNCc1cnc(N(CCCOC)CCOC)c(C)c1. The molecule has 5 nitrogen and oxygen atoms in total. The van der Waals surface area contributed by atoms with Crippen LogP contribution >= 0.6 is 0 Å². The van der Waals surface area contributed by atoms with E-state index < -0.39 is 0 Å². The van der Waals surface area contributed by atoms with Crippen LogP contribution in [0.3, 0.4) is 0 Å². The van der Waals surface area contributed by atoms with Gasteiger partial charge in [0.05, 0.1) is 6.61 Å². The van der Waals surface area contributed by atoms with Crippen molar-refractivity contribution >= 4 is 5.82 Å². The van der Waals surface area contributed by atoms with Gasteiger partial charge in [-0.2, -0.15) is 0 Å². The standard InChI is InChI=1S/C15H27N3O2/c1-13-10-14(11-16-2)12-17-15(13)18(7-9-20-4)6-5-8-19-3/h10,12,16H,5-9,11H2,1-4H3. The topological polar surface area (TPSA) is 46.6 Å². The molecule has 0 bridgehead atoms. The molecule has 1 N–H and O–H groups in total. The maximum Gasteiger partial charge on any atom is 0.131 e. The van der Waals surface area contributed by atoms with Crippen LogP contribution in [0.15, 0.2) is 12.3 Å². The maximum atomic E-state index is 5.19. The average molecular weight is 281 g/mol. The lowest BCUT2D eigenvalue weighted by Gasteiger charge is -2.25. The Morgan fingerprint density at radius 3 is 2.55 bits per heavy atom. The maximum absolute atomic E-state index is 5.19. The molecule has 0 fully saturated rings. The third-order valence-electron chi connectivity index (χ3n) is 3.13. The summed E-state index contributed by atoms with van der Waals surface area (Å²) in [4.78, 5) is 6.88. The number of nitrogens with one attached hydrogen (secondary N) is 1. The zero-order valence-corrected chi connectivity index (χ0v) is 13.1. The number of anilines is 1. The lowest BCUT2D eigenvalue weighted by Crippen LogP contribution is -2.30. The Morgan fingerprint density at radius 2 is 1.95 bits per heavy atom. The highest BCUT2D eigenvalue weighted by Gasteiger charge is 2.11. The van der Waals surface area contributed by atoms with Crippen molar-refractivity contribution in [2.45, 2.75) is 19.9 Å². The Balaban J connectivity index is 2.77. The molecule has 0 aliphatic carbocycles. The first-order valence-electron chi connectivity index (χ1n) is 7.05. The molecule has 1 rings (SSSR count). The van der Waals surface area contributed by atoms with Gasteiger partial charge in [-0.05, 0) is 37.6 Å². The van der Waals surface area contributed by atoms with Gasteiger partial charge >= 0.3 is 0 Å². The number of hydrogen-bond donors (Lipinski definition) is 1. The van der Waals surface area contributed by atoms with E-state index in [0.717, 1.165) is 38.5 Å². The van der Waals surface area contributed by atoms with Crippen LogP contribution in [0.2, 0.25) is 0 Å². The van der Waals surface area contributed by atoms with E-state index in [1.807, 2.05) is 13.2 Å². The molecule has 20 heavy (non-hydrogen) atoms. The van der Waals surface area contributed by atoms with Gasteiger partial charge in [-0.15, -0.1) is 0 Å². The van der Waals surface area contributed by atoms with Crippen molar-refractivity contribution in [3.8, 4) is 0 Å². The number of pyridine rings is 1. The molecule has 5 heteroatoms. The first-order valence-corrected chi connectivity index (χ1v) is 7.05. The van der Waals surface area contributed by atoms with Crippen LogP contribution in [-0.2, 0) is 16.0 Å². The molecule has 0 spiro atoms. The highest BCUT2D eigenvalue weighted by molar-refractivity contribution is 5.47. The normalized spacial score (nSPS) is 10.8. The molecule has 0 unspecified atom stereocenters. The molecule has 0 aliphatic rings. The van der Waals surface area contributed by atoms with Crippen LogP contribution in [0.5, 0.6) is 0 Å². The number of nitrogens with zero attached hydrogens (tertiary/aromatic N) is 2. The number of aromatic nitrogens is 1. The minimum Gasteiger partial charge on any atom is -0.385 e. The van der Waals surface area contributed by atoms with E-state index in [2.05, 4.69) is 28.2 Å². The van der Waals surface area contributed by atoms with Gasteiger partial charge in [-0.25, -0.2) is 4.98 Å². The summed E-state index contributed by atoms with van der Waals surface area (Å²) in [5.74, 6) is 1.04. The second-order valence-electron chi connectivity index (χ2n) is 4.84. The van der Waals surface area contributed by atoms with Crippen LogP contribution in [0.25, 0.3) is 0 Å². The van der Waals surface area contributed by atoms with Crippen LogP contribution in [0.1, 0.15) is 17.5 Å². The number of ether oxygens (including phenoxy) is 2. The first-order chi connectivity index (χ1) is 9.72. The fraction of sp³-hybridized carbons (Fsp3) is 0.667. The molecule has 0 aromatic carbocycles. The molecular formula is C15H27N3O2. The van der Waals surface area contributed by atoms with Gasteiger partial charge in [0.2, 0.25) is 0 Å². The molecule has 1 aromatic heterocycles. The Labute approximate surface area is 122 Å². The Morgan fingerprint density at radius 1 is 1.20 bits per heavy atom. The molecule has 0 saturated carbocycles. The van der Waals surface area contributed by atoms with Gasteiger partial charge < -0.3 is 19.7 Å². The highest BCUT2D eigenvalue weighted by atomic mass is 16.5. The van der Waals surface area contributed by atoms with Crippen molar-refractivity contribution in [1.82, 2.24) is 10.3 Å². The summed E-state index contributed by atoms with van der Waals surface area (Å²) in [6, 6.07) is 2.19. The lowest BCUT2D eigenvalue weighted by molar-refractivity contribution is 0.191. The second-order valence-corrected chi connectivity index (χ2v) is 4.84. The molecule has 0 atom stereocenters. The minimum atomic E-state index is 0.701. The second kappa shape index (κ2) is 9.69. The highest BCUT2D eigenvalue weighted by Crippen LogP contribution is 2.18. The summed E-state index contributed by atoms with van der Waals surface area (Å²) in [6.45, 7) is 6.19. The van der Waals surface area contributed by atoms with Gasteiger partial charge in [-0.3, -0.25) is 0 Å². The van der Waals surface area contributed by atoms with E-state index >= 15 is 0 Å². The molecule has 0 radical (unpaired) electrons. The predicted molar refractivity (Wildman–Crippen MR) is 82.3 cm³/mol. The van der Waals surface area contributed by atoms with Crippen molar-refractivity contribution < 1.29 is 9.47 Å². The van der Waals surface area contributed by atoms with Gasteiger partial charge in [0, 0.05) is 46.7 Å². The van der Waals surface area contributed by atoms with E-state index in [1.54, 1.807) is 14.2 Å². The van der Waals surface area contributed by atoms with Crippen LogP contribution in [0, 0.1) is 6.92 Å². The van der Waals surface area contributed by atoms with E-state index in [1.165, 1.54) is 11.1 Å². The minimum absolute atomic E-state index is 0.701. The summed E-state index contributed by atoms with van der Waals surface area (Å²) in [7, 11) is 5.40. The van der Waals surface area contributed by atoms with Gasteiger partial charge in [0.15, 0.2) is 0 Å². The molecule has 0 saturated heterocycles. The molecule has 114 valence electrons. The zero-order valence-electron chi connectivity index (χ0n) is 13.1. The monoisotopic (exact) mass is 281 g/mol. The van der Waals surface area contributed by atoms with Crippen molar-refractivity contribution in [3.05, 3.63) is 23.4 Å². The fourth-order valence-corrected chi connectivity index (χ4v) is 2.18. The van der Waals surface area contributed by atoms with Crippen LogP contribution < -0.4 is 10.2 Å². The fourth-order valence-electron chi connectivity index (χ4n) is 2.18. The zero-order chi connectivity index (χ0) is 14.8. The number of aryl methyl sites for hydroxylation is 1. The van der Waals surface area contributed by atoms with E-state index in [-0.39, 0.29) is 0 Å². The summed E-state index contributed by atoms with van der Waals surface area (Å²) in [6.07, 6.45) is 2.93. The number of methoxy groups -OCH3 is 2. The first kappa shape index (κ1) is 16.9. The van der Waals surface area contributed by atoms with E-state index in [0.29, 0.717) is 6.61 Å². The quantitative estimate of drug-likeness (QED) is 0.660. The molecule has 0 aliphatic heterocycles. The average Bonchev–Trinajstić information content (AvgIpc) is 2.44. The largest absolute Gasteiger partial charge is 0.385 e. The van der Waals surface area contributed by atoms with Gasteiger partial charge in [-0.1, -0.05) is 0 Å². The number of rotatable bonds is 10. The smallest absolute Gasteiger partial charge is 0.131 e. The van der Waals surface area contributed by atoms with Crippen molar-refractivity contribution in [3.63, 3.8) is 0 Å². The Hall–Kier alpha value is -1.17. The third kappa shape index (κ3) is 5.45. The summed E-state index contributed by atoms with van der Waals surface area (Å²) >= 11 is 0. The van der Waals surface area contributed by atoms with Gasteiger partial charge in [0.25, 0.3) is 0 Å². The van der Waals surface area contributed by atoms with Crippen LogP contribution in [-0.4, -0.2) is 52.6 Å². The summed E-state index contributed by atoms with van der Waals surface area (Å²) in [5.41, 5.74) is 2.41. The predicted octanol–water partition coefficient (Wildman–Crippen LogP) is 1.60. The van der Waals surface area contributed by atoms with Crippen molar-refractivity contribution in [2.24, 2.45) is 0 Å². The Kier molecular flexibility index (Phi) is 8.18. The summed E-state index contributed by atoms with van der Waals surface area (Å²) < 4.78 is 10.3. The van der Waals surface area contributed by atoms with Crippen molar-refractivity contribution in [1.29, 1.82) is 0 Å². The lowest BCUT2D eigenvalue weighted by atomic mass is 10.2. The van der Waals surface area contributed by atoms with Gasteiger partial charge in [0.1, 0.15) is 5.82 Å². The molecule has 1 aromatic rings. The van der Waals surface area contributed by atoms with Crippen LogP contribution in [0.4, 0.5) is 5.82 Å². The Bertz CT molecular complexity index is 385.